The Kier molecular flexibility index (Phi) is 6.05. The van der Waals surface area contributed by atoms with Crippen LogP contribution in [0.4, 0.5) is 5.95 Å². The fraction of sp³-hybridized carbons (Fsp3) is 0.350. The minimum absolute atomic E-state index is 0.0442. The molecule has 31 heavy (non-hydrogen) atoms. The minimum Gasteiger partial charge on any atom is -0.484 e. The van der Waals surface area contributed by atoms with Crippen LogP contribution in [0.2, 0.25) is 0 Å². The topological polar surface area (TPSA) is 137 Å². The molecule has 3 unspecified atom stereocenters. The molecule has 1 amide bonds. The van der Waals surface area contributed by atoms with Crippen LogP contribution < -0.4 is 15.6 Å². The number of hydrogen-bond donors (Lipinski definition) is 2. The molecule has 0 spiro atoms. The highest BCUT2D eigenvalue weighted by Crippen LogP contribution is 2.32. The molecule has 0 saturated carbocycles. The van der Waals surface area contributed by atoms with Crippen LogP contribution in [0.1, 0.15) is 19.6 Å². The maximum Gasteiger partial charge on any atom is 0.280 e. The highest BCUT2D eigenvalue weighted by atomic mass is 16.6. The Morgan fingerprint density at radius 2 is 2.19 bits per heavy atom. The van der Waals surface area contributed by atoms with E-state index in [0.717, 1.165) is 0 Å². The largest absolute Gasteiger partial charge is 0.484 e. The molecule has 0 bridgehead atoms. The molecule has 0 aliphatic carbocycles. The summed E-state index contributed by atoms with van der Waals surface area (Å²) in [7, 11) is 0. The highest BCUT2D eigenvalue weighted by molar-refractivity contribution is 5.90. The van der Waals surface area contributed by atoms with Gasteiger partial charge in [0, 0.05) is 6.42 Å². The fourth-order valence-corrected chi connectivity index (χ4v) is 3.39. The molecule has 1 aliphatic heterocycles. The number of rotatable bonds is 8. The van der Waals surface area contributed by atoms with E-state index in [1.54, 1.807) is 28.8 Å². The second-order valence-electron chi connectivity index (χ2n) is 7.00. The van der Waals surface area contributed by atoms with E-state index in [1.807, 2.05) is 13.0 Å². The third kappa shape index (κ3) is 4.62. The molecule has 11 heteroatoms. The number of para-hydroxylation sites is 1. The van der Waals surface area contributed by atoms with E-state index in [0.29, 0.717) is 18.5 Å². The van der Waals surface area contributed by atoms with Gasteiger partial charge in [-0.15, -0.1) is 0 Å². The molecule has 1 saturated heterocycles. The summed E-state index contributed by atoms with van der Waals surface area (Å²) in [6, 6.07) is 8.87. The Balaban J connectivity index is 1.54. The van der Waals surface area contributed by atoms with Crippen LogP contribution in [0.5, 0.6) is 5.75 Å². The van der Waals surface area contributed by atoms with Gasteiger partial charge in [0.15, 0.2) is 24.0 Å². The zero-order chi connectivity index (χ0) is 21.8. The molecule has 2 N–H and O–H groups in total. The van der Waals surface area contributed by atoms with Crippen molar-refractivity contribution in [3.8, 4) is 5.75 Å². The van der Waals surface area contributed by atoms with Crippen LogP contribution in [0, 0.1) is 0 Å². The Hall–Kier alpha value is -3.57. The van der Waals surface area contributed by atoms with E-state index in [4.69, 9.17) is 14.2 Å². The lowest BCUT2D eigenvalue weighted by molar-refractivity contribution is -0.118. The Morgan fingerprint density at radius 3 is 2.97 bits per heavy atom. The number of ether oxygens (including phenoxy) is 3. The molecular formula is C20H21N5O6. The predicted molar refractivity (Wildman–Crippen MR) is 109 cm³/mol. The third-order valence-electron chi connectivity index (χ3n) is 4.71. The highest BCUT2D eigenvalue weighted by Gasteiger charge is 2.36. The first-order valence-corrected chi connectivity index (χ1v) is 9.70. The van der Waals surface area contributed by atoms with Gasteiger partial charge in [-0.05, 0) is 19.1 Å². The summed E-state index contributed by atoms with van der Waals surface area (Å²) in [6.07, 6.45) is 1.53. The van der Waals surface area contributed by atoms with Crippen molar-refractivity contribution in [2.45, 2.75) is 31.8 Å². The number of benzene rings is 1. The van der Waals surface area contributed by atoms with Crippen LogP contribution in [0.15, 0.2) is 41.5 Å². The molecule has 1 fully saturated rings. The summed E-state index contributed by atoms with van der Waals surface area (Å²) in [5.41, 5.74) is -0.197. The van der Waals surface area contributed by atoms with Crippen LogP contribution >= 0.6 is 0 Å². The van der Waals surface area contributed by atoms with Crippen LogP contribution in [0.25, 0.3) is 11.2 Å². The van der Waals surface area contributed by atoms with Gasteiger partial charge in [-0.1, -0.05) is 18.2 Å². The van der Waals surface area contributed by atoms with Gasteiger partial charge in [0.2, 0.25) is 5.95 Å². The normalized spacial score (nSPS) is 20.6. The standard InChI is InChI=1S/C20H21N5O6/c1-12-9-14(29-8-7-26)19(31-12)25-11-21-16-17(25)23-20(24-18(16)28)22-15(27)10-30-13-5-3-2-4-6-13/h2-7,11-12,14,19H,8-10H2,1H3,(H2,22,23,24,27,28). The van der Waals surface area contributed by atoms with E-state index in [1.165, 1.54) is 6.33 Å². The maximum absolute atomic E-state index is 12.4. The second-order valence-corrected chi connectivity index (χ2v) is 7.00. The number of imidazole rings is 1. The smallest absolute Gasteiger partial charge is 0.280 e. The molecule has 3 aromatic rings. The lowest BCUT2D eigenvalue weighted by Gasteiger charge is -2.19. The number of amides is 1. The molecule has 1 aromatic carbocycles. The Bertz CT molecular complexity index is 1130. The van der Waals surface area contributed by atoms with E-state index in [2.05, 4.69) is 20.3 Å². The van der Waals surface area contributed by atoms with Gasteiger partial charge >= 0.3 is 0 Å². The number of aromatic amines is 1. The van der Waals surface area contributed by atoms with Gasteiger partial charge in [0.05, 0.1) is 12.4 Å². The Morgan fingerprint density at radius 1 is 1.39 bits per heavy atom. The first kappa shape index (κ1) is 20.7. The number of hydrogen-bond acceptors (Lipinski definition) is 8. The van der Waals surface area contributed by atoms with Crippen molar-refractivity contribution < 1.29 is 23.8 Å². The summed E-state index contributed by atoms with van der Waals surface area (Å²) >= 11 is 0. The molecule has 2 aromatic heterocycles. The summed E-state index contributed by atoms with van der Waals surface area (Å²) in [5.74, 6) is 0.00849. The van der Waals surface area contributed by atoms with E-state index < -0.39 is 23.8 Å². The predicted octanol–water partition coefficient (Wildman–Crippen LogP) is 1.03. The average Bonchev–Trinajstić information content (AvgIpc) is 3.34. The van der Waals surface area contributed by atoms with Crippen molar-refractivity contribution >= 4 is 29.3 Å². The molecule has 1 aliphatic rings. The van der Waals surface area contributed by atoms with E-state index in [9.17, 15) is 14.4 Å². The van der Waals surface area contributed by atoms with Gasteiger partial charge in [-0.25, -0.2) is 4.98 Å². The lowest BCUT2D eigenvalue weighted by atomic mass is 10.2. The number of carbonyl (C=O) groups excluding carboxylic acids is 2. The lowest BCUT2D eigenvalue weighted by Crippen LogP contribution is -2.25. The molecular weight excluding hydrogens is 406 g/mol. The van der Waals surface area contributed by atoms with Crippen molar-refractivity contribution in [2.75, 3.05) is 18.5 Å². The van der Waals surface area contributed by atoms with Gasteiger partial charge < -0.3 is 19.0 Å². The van der Waals surface area contributed by atoms with Gasteiger partial charge in [-0.3, -0.25) is 24.5 Å². The summed E-state index contributed by atoms with van der Waals surface area (Å²) in [4.78, 5) is 46.3. The number of nitrogens with one attached hydrogen (secondary N) is 2. The van der Waals surface area contributed by atoms with Crippen molar-refractivity contribution in [1.82, 2.24) is 19.5 Å². The number of nitrogens with zero attached hydrogens (tertiary/aromatic N) is 3. The molecule has 0 radical (unpaired) electrons. The number of anilines is 1. The van der Waals surface area contributed by atoms with Gasteiger partial charge in [0.25, 0.3) is 11.5 Å². The summed E-state index contributed by atoms with van der Waals surface area (Å²) < 4.78 is 18.4. The number of aldehydes is 1. The monoisotopic (exact) mass is 427 g/mol. The first-order chi connectivity index (χ1) is 15.0. The second kappa shape index (κ2) is 9.06. The third-order valence-corrected chi connectivity index (χ3v) is 4.71. The molecule has 3 heterocycles. The van der Waals surface area contributed by atoms with Crippen LogP contribution in [-0.2, 0) is 19.1 Å². The van der Waals surface area contributed by atoms with E-state index >= 15 is 0 Å². The van der Waals surface area contributed by atoms with Crippen LogP contribution in [0.3, 0.4) is 0 Å². The average molecular weight is 427 g/mol. The quantitative estimate of drug-likeness (QED) is 0.509. The van der Waals surface area contributed by atoms with Crippen molar-refractivity contribution in [2.24, 2.45) is 0 Å². The number of fused-ring (bicyclic) bond motifs is 1. The maximum atomic E-state index is 12.4. The summed E-state index contributed by atoms with van der Waals surface area (Å²) in [5, 5.41) is 2.52. The first-order valence-electron chi connectivity index (χ1n) is 9.70. The van der Waals surface area contributed by atoms with E-state index in [-0.39, 0.29) is 36.4 Å². The van der Waals surface area contributed by atoms with Crippen molar-refractivity contribution in [3.63, 3.8) is 0 Å². The fourth-order valence-electron chi connectivity index (χ4n) is 3.39. The molecule has 11 nitrogen and oxygen atoms in total. The number of H-pyrrole nitrogens is 1. The van der Waals surface area contributed by atoms with Gasteiger partial charge in [0.1, 0.15) is 24.7 Å². The van der Waals surface area contributed by atoms with Crippen molar-refractivity contribution in [3.05, 3.63) is 47.0 Å². The molecule has 162 valence electrons. The minimum atomic E-state index is -0.612. The summed E-state index contributed by atoms with van der Waals surface area (Å²) in [6.45, 7) is 1.56. The molecule has 3 atom stereocenters. The van der Waals surface area contributed by atoms with Crippen molar-refractivity contribution in [1.29, 1.82) is 0 Å². The number of carbonyl (C=O) groups is 2. The Labute approximate surface area is 176 Å². The molecule has 4 rings (SSSR count). The zero-order valence-corrected chi connectivity index (χ0v) is 16.7. The number of aromatic nitrogens is 4. The zero-order valence-electron chi connectivity index (χ0n) is 16.7. The SMILES string of the molecule is CC1CC(OCC=O)C(n2cnc3c(=O)[nH]c(NC(=O)COc4ccccc4)nc32)O1. The van der Waals surface area contributed by atoms with Gasteiger partial charge in [-0.2, -0.15) is 4.98 Å². The van der Waals surface area contributed by atoms with Crippen LogP contribution in [-0.4, -0.2) is 57.1 Å².